The summed E-state index contributed by atoms with van der Waals surface area (Å²) in [7, 11) is -3.42. The molecule has 8 heteroatoms. The van der Waals surface area contributed by atoms with Gasteiger partial charge in [-0.1, -0.05) is 12.1 Å². The van der Waals surface area contributed by atoms with Gasteiger partial charge in [0, 0.05) is 22.5 Å². The first kappa shape index (κ1) is 18.7. The fourth-order valence-electron chi connectivity index (χ4n) is 2.47. The van der Waals surface area contributed by atoms with Crippen LogP contribution in [0.4, 0.5) is 11.4 Å². The van der Waals surface area contributed by atoms with Crippen molar-refractivity contribution in [2.24, 2.45) is 0 Å². The van der Waals surface area contributed by atoms with Gasteiger partial charge in [-0.2, -0.15) is 0 Å². The number of carbonyl (C=O) groups excluding carboxylic acids is 1. The molecule has 1 heterocycles. The Hall–Kier alpha value is -3.13. The lowest BCUT2D eigenvalue weighted by Crippen LogP contribution is -2.14. The second-order valence-electron chi connectivity index (χ2n) is 6.15. The lowest BCUT2D eigenvalue weighted by molar-refractivity contribution is 0.102. The number of hydrogen-bond acceptors (Lipinski definition) is 5. The van der Waals surface area contributed by atoms with Crippen molar-refractivity contribution in [3.8, 4) is 11.5 Å². The van der Waals surface area contributed by atoms with Gasteiger partial charge in [-0.15, -0.1) is 0 Å². The van der Waals surface area contributed by atoms with E-state index in [0.29, 0.717) is 22.8 Å². The van der Waals surface area contributed by atoms with Crippen LogP contribution in [-0.4, -0.2) is 25.6 Å². The highest BCUT2D eigenvalue weighted by atomic mass is 32.2. The van der Waals surface area contributed by atoms with Crippen molar-refractivity contribution in [2.45, 2.75) is 13.8 Å². The predicted molar refractivity (Wildman–Crippen MR) is 104 cm³/mol. The molecule has 0 atom stereocenters. The zero-order valence-electron chi connectivity index (χ0n) is 15.1. The van der Waals surface area contributed by atoms with Gasteiger partial charge in [0.1, 0.15) is 5.76 Å². The Balaban J connectivity index is 1.80. The molecular weight excluding hydrogens is 366 g/mol. The second-order valence-corrected chi connectivity index (χ2v) is 7.90. The van der Waals surface area contributed by atoms with Crippen LogP contribution in [0.3, 0.4) is 0 Å². The largest absolute Gasteiger partial charge is 0.441 e. The van der Waals surface area contributed by atoms with Crippen LogP contribution in [0.1, 0.15) is 21.8 Å². The van der Waals surface area contributed by atoms with Crippen LogP contribution in [0.25, 0.3) is 11.5 Å². The van der Waals surface area contributed by atoms with Crippen LogP contribution in [0, 0.1) is 13.8 Å². The van der Waals surface area contributed by atoms with Crippen molar-refractivity contribution < 1.29 is 17.6 Å². The average Bonchev–Trinajstić information content (AvgIpc) is 2.93. The molecule has 2 aromatic carbocycles. The van der Waals surface area contributed by atoms with Crippen molar-refractivity contribution in [2.75, 3.05) is 16.3 Å². The summed E-state index contributed by atoms with van der Waals surface area (Å²) >= 11 is 0. The maximum atomic E-state index is 12.5. The molecule has 0 aliphatic carbocycles. The van der Waals surface area contributed by atoms with E-state index in [1.165, 1.54) is 6.07 Å². The Kier molecular flexibility index (Phi) is 5.00. The number of rotatable bonds is 5. The van der Waals surface area contributed by atoms with Crippen LogP contribution < -0.4 is 10.0 Å². The minimum Gasteiger partial charge on any atom is -0.441 e. The van der Waals surface area contributed by atoms with E-state index in [4.69, 9.17) is 4.42 Å². The van der Waals surface area contributed by atoms with Crippen LogP contribution in [0.5, 0.6) is 0 Å². The molecule has 0 unspecified atom stereocenters. The summed E-state index contributed by atoms with van der Waals surface area (Å²) in [6.07, 6.45) is 1.05. The van der Waals surface area contributed by atoms with Crippen molar-refractivity contribution in [1.82, 2.24) is 4.98 Å². The van der Waals surface area contributed by atoms with Crippen LogP contribution in [0.15, 0.2) is 52.9 Å². The number of carbonyl (C=O) groups is 1. The summed E-state index contributed by atoms with van der Waals surface area (Å²) < 4.78 is 30.7. The van der Waals surface area contributed by atoms with Gasteiger partial charge in [-0.25, -0.2) is 13.4 Å². The van der Waals surface area contributed by atoms with Gasteiger partial charge in [0.15, 0.2) is 0 Å². The Bertz CT molecular complexity index is 1080. The lowest BCUT2D eigenvalue weighted by atomic mass is 10.1. The second kappa shape index (κ2) is 7.24. The summed E-state index contributed by atoms with van der Waals surface area (Å²) in [4.78, 5) is 16.9. The van der Waals surface area contributed by atoms with E-state index in [1.54, 1.807) is 36.4 Å². The number of aryl methyl sites for hydroxylation is 2. The SMILES string of the molecule is Cc1nc(-c2cccc(NC(=O)c3cccc(NS(C)(=O)=O)c3)c2)oc1C. The minimum atomic E-state index is -3.42. The van der Waals surface area contributed by atoms with Crippen molar-refractivity contribution in [3.05, 3.63) is 65.5 Å². The summed E-state index contributed by atoms with van der Waals surface area (Å²) in [5, 5.41) is 2.79. The molecule has 27 heavy (non-hydrogen) atoms. The zero-order valence-corrected chi connectivity index (χ0v) is 15.9. The summed E-state index contributed by atoms with van der Waals surface area (Å²) in [6.45, 7) is 3.71. The van der Waals surface area contributed by atoms with E-state index in [1.807, 2.05) is 19.9 Å². The fourth-order valence-corrected chi connectivity index (χ4v) is 3.02. The number of sulfonamides is 1. The Morgan fingerprint density at radius 1 is 1.04 bits per heavy atom. The Morgan fingerprint density at radius 3 is 2.41 bits per heavy atom. The van der Waals surface area contributed by atoms with E-state index in [0.717, 1.165) is 23.3 Å². The first-order valence-electron chi connectivity index (χ1n) is 8.15. The minimum absolute atomic E-state index is 0.324. The van der Waals surface area contributed by atoms with Gasteiger partial charge >= 0.3 is 0 Å². The third-order valence-corrected chi connectivity index (χ3v) is 4.43. The van der Waals surface area contributed by atoms with Gasteiger partial charge in [0.2, 0.25) is 15.9 Å². The Labute approximate surface area is 157 Å². The molecule has 0 radical (unpaired) electrons. The van der Waals surface area contributed by atoms with E-state index in [2.05, 4.69) is 15.0 Å². The van der Waals surface area contributed by atoms with E-state index < -0.39 is 10.0 Å². The quantitative estimate of drug-likeness (QED) is 0.699. The standard InChI is InChI=1S/C19H19N3O4S/c1-12-13(2)26-19(20-12)15-7-5-8-16(11-15)21-18(23)14-6-4-9-17(10-14)22-27(3,24)25/h4-11,22H,1-3H3,(H,21,23). The van der Waals surface area contributed by atoms with E-state index in [9.17, 15) is 13.2 Å². The van der Waals surface area contributed by atoms with E-state index >= 15 is 0 Å². The molecule has 3 rings (SSSR count). The van der Waals surface area contributed by atoms with Crippen LogP contribution >= 0.6 is 0 Å². The highest BCUT2D eigenvalue weighted by molar-refractivity contribution is 7.92. The number of aromatic nitrogens is 1. The van der Waals surface area contributed by atoms with Crippen molar-refractivity contribution >= 4 is 27.3 Å². The van der Waals surface area contributed by atoms with Crippen LogP contribution in [0.2, 0.25) is 0 Å². The number of anilines is 2. The molecule has 7 nitrogen and oxygen atoms in total. The number of benzene rings is 2. The molecule has 0 fully saturated rings. The van der Waals surface area contributed by atoms with Gasteiger partial charge in [-0.05, 0) is 50.2 Å². The number of oxazole rings is 1. The molecule has 1 aromatic heterocycles. The molecule has 0 aliphatic heterocycles. The number of nitrogens with zero attached hydrogens (tertiary/aromatic N) is 1. The molecule has 0 bridgehead atoms. The monoisotopic (exact) mass is 385 g/mol. The van der Waals surface area contributed by atoms with Crippen molar-refractivity contribution in [3.63, 3.8) is 0 Å². The highest BCUT2D eigenvalue weighted by Gasteiger charge is 2.12. The van der Waals surface area contributed by atoms with Gasteiger partial charge in [-0.3, -0.25) is 9.52 Å². The average molecular weight is 385 g/mol. The fraction of sp³-hybridized carbons (Fsp3) is 0.158. The molecule has 0 aliphatic rings. The molecule has 1 amide bonds. The summed E-state index contributed by atoms with van der Waals surface area (Å²) in [5.74, 6) is 0.874. The van der Waals surface area contributed by atoms with Crippen LogP contribution in [-0.2, 0) is 10.0 Å². The van der Waals surface area contributed by atoms with Gasteiger partial charge < -0.3 is 9.73 Å². The molecule has 0 saturated heterocycles. The number of amides is 1. The third-order valence-electron chi connectivity index (χ3n) is 3.82. The molecule has 3 aromatic rings. The van der Waals surface area contributed by atoms with E-state index in [-0.39, 0.29) is 5.91 Å². The Morgan fingerprint density at radius 2 is 1.74 bits per heavy atom. The zero-order chi connectivity index (χ0) is 19.6. The molecule has 0 spiro atoms. The topological polar surface area (TPSA) is 101 Å². The third kappa shape index (κ3) is 4.73. The van der Waals surface area contributed by atoms with Gasteiger partial charge in [0.05, 0.1) is 11.9 Å². The maximum Gasteiger partial charge on any atom is 0.255 e. The summed E-state index contributed by atoms with van der Waals surface area (Å²) in [6, 6.07) is 13.4. The molecule has 2 N–H and O–H groups in total. The number of nitrogens with one attached hydrogen (secondary N) is 2. The molecule has 140 valence electrons. The molecular formula is C19H19N3O4S. The number of hydrogen-bond donors (Lipinski definition) is 2. The lowest BCUT2D eigenvalue weighted by Gasteiger charge is -2.08. The maximum absolute atomic E-state index is 12.5. The smallest absolute Gasteiger partial charge is 0.255 e. The van der Waals surface area contributed by atoms with Crippen molar-refractivity contribution in [1.29, 1.82) is 0 Å². The predicted octanol–water partition coefficient (Wildman–Crippen LogP) is 3.58. The summed E-state index contributed by atoms with van der Waals surface area (Å²) in [5.41, 5.74) is 2.79. The first-order valence-corrected chi connectivity index (χ1v) is 10.0. The molecule has 0 saturated carbocycles. The highest BCUT2D eigenvalue weighted by Crippen LogP contribution is 2.24. The normalized spacial score (nSPS) is 11.2. The van der Waals surface area contributed by atoms with Gasteiger partial charge in [0.25, 0.3) is 5.91 Å². The first-order chi connectivity index (χ1) is 12.7.